The van der Waals surface area contributed by atoms with E-state index >= 15 is 0 Å². The molecule has 0 spiro atoms. The number of aryl methyl sites for hydroxylation is 1. The van der Waals surface area contributed by atoms with E-state index in [2.05, 4.69) is 48.6 Å². The molecule has 1 heterocycles. The largest absolute Gasteiger partial charge is 0.378 e. The molecule has 17 heavy (non-hydrogen) atoms. The average molecular weight is 227 g/mol. The van der Waals surface area contributed by atoms with Gasteiger partial charge in [-0.15, -0.1) is 0 Å². The highest BCUT2D eigenvalue weighted by Gasteiger charge is 2.14. The summed E-state index contributed by atoms with van der Waals surface area (Å²) >= 11 is 0. The summed E-state index contributed by atoms with van der Waals surface area (Å²) in [7, 11) is 0. The topological polar surface area (TPSA) is 21.3 Å². The summed E-state index contributed by atoms with van der Waals surface area (Å²) in [5, 5.41) is 6.10. The molecule has 1 aliphatic heterocycles. The van der Waals surface area contributed by atoms with Gasteiger partial charge in [-0.3, -0.25) is 0 Å². The number of nitrogens with one attached hydrogen (secondary N) is 1. The van der Waals surface area contributed by atoms with Crippen LogP contribution in [0.5, 0.6) is 0 Å². The summed E-state index contributed by atoms with van der Waals surface area (Å²) < 4.78 is 5.51. The Hall–Kier alpha value is -1.38. The smallest absolute Gasteiger partial charge is 0.0662 e. The van der Waals surface area contributed by atoms with Crippen molar-refractivity contribution in [1.82, 2.24) is 5.32 Å². The van der Waals surface area contributed by atoms with Crippen molar-refractivity contribution in [2.45, 2.75) is 13.0 Å². The molecule has 2 heteroatoms. The van der Waals surface area contributed by atoms with Gasteiger partial charge in [-0.25, -0.2) is 0 Å². The third-order valence-electron chi connectivity index (χ3n) is 3.34. The highest BCUT2D eigenvalue weighted by atomic mass is 16.5. The van der Waals surface area contributed by atoms with E-state index in [1.807, 2.05) is 0 Å². The van der Waals surface area contributed by atoms with E-state index in [0.29, 0.717) is 6.04 Å². The van der Waals surface area contributed by atoms with E-state index in [4.69, 9.17) is 4.74 Å². The lowest BCUT2D eigenvalue weighted by atomic mass is 10.0. The predicted molar refractivity (Wildman–Crippen MR) is 70.2 cm³/mol. The Bertz CT molecular complexity index is 529. The highest BCUT2D eigenvalue weighted by molar-refractivity contribution is 5.83. The summed E-state index contributed by atoms with van der Waals surface area (Å²) in [6.07, 6.45) is 0. The zero-order valence-corrected chi connectivity index (χ0v) is 10.1. The lowest BCUT2D eigenvalue weighted by Gasteiger charge is -2.24. The van der Waals surface area contributed by atoms with Gasteiger partial charge in [0.25, 0.3) is 0 Å². The first-order chi connectivity index (χ1) is 8.33. The summed E-state index contributed by atoms with van der Waals surface area (Å²) in [6.45, 7) is 4.67. The first-order valence-electron chi connectivity index (χ1n) is 6.14. The van der Waals surface area contributed by atoms with Gasteiger partial charge < -0.3 is 10.1 Å². The highest BCUT2D eigenvalue weighted by Crippen LogP contribution is 2.22. The zero-order valence-electron chi connectivity index (χ0n) is 10.1. The Morgan fingerprint density at radius 3 is 2.76 bits per heavy atom. The molecule has 3 rings (SSSR count). The molecular formula is C15H17NO. The minimum Gasteiger partial charge on any atom is -0.378 e. The van der Waals surface area contributed by atoms with Crippen LogP contribution in [-0.2, 0) is 4.74 Å². The first kappa shape index (κ1) is 10.8. The van der Waals surface area contributed by atoms with Crippen molar-refractivity contribution in [3.63, 3.8) is 0 Å². The van der Waals surface area contributed by atoms with Gasteiger partial charge in [0.15, 0.2) is 0 Å². The van der Waals surface area contributed by atoms with Crippen molar-refractivity contribution >= 4 is 10.8 Å². The van der Waals surface area contributed by atoms with Crippen LogP contribution >= 0.6 is 0 Å². The molecular weight excluding hydrogens is 210 g/mol. The van der Waals surface area contributed by atoms with Gasteiger partial charge in [0.2, 0.25) is 0 Å². The number of fused-ring (bicyclic) bond motifs is 1. The Labute approximate surface area is 102 Å². The molecule has 1 aliphatic rings. The van der Waals surface area contributed by atoms with Crippen LogP contribution < -0.4 is 5.32 Å². The van der Waals surface area contributed by atoms with Crippen molar-refractivity contribution in [2.24, 2.45) is 0 Å². The molecule has 1 saturated heterocycles. The van der Waals surface area contributed by atoms with Crippen LogP contribution in [0.3, 0.4) is 0 Å². The quantitative estimate of drug-likeness (QED) is 0.809. The molecule has 2 aromatic rings. The minimum atomic E-state index is 0.342. The predicted octanol–water partition coefficient (Wildman–Crippen LogP) is 2.81. The van der Waals surface area contributed by atoms with Gasteiger partial charge in [-0.05, 0) is 29.3 Å². The van der Waals surface area contributed by atoms with E-state index in [0.717, 1.165) is 19.8 Å². The minimum absolute atomic E-state index is 0.342. The van der Waals surface area contributed by atoms with E-state index in [9.17, 15) is 0 Å². The molecule has 1 N–H and O–H groups in total. The van der Waals surface area contributed by atoms with Crippen LogP contribution in [0, 0.1) is 6.92 Å². The van der Waals surface area contributed by atoms with Crippen molar-refractivity contribution in [3.05, 3.63) is 47.5 Å². The van der Waals surface area contributed by atoms with Gasteiger partial charge in [0, 0.05) is 6.54 Å². The van der Waals surface area contributed by atoms with Crippen molar-refractivity contribution < 1.29 is 4.74 Å². The molecule has 2 nitrogen and oxygen atoms in total. The Kier molecular flexibility index (Phi) is 2.83. The summed E-state index contributed by atoms with van der Waals surface area (Å²) in [4.78, 5) is 0. The maximum absolute atomic E-state index is 5.51. The summed E-state index contributed by atoms with van der Waals surface area (Å²) in [5.74, 6) is 0. The number of ether oxygens (including phenoxy) is 1. The van der Waals surface area contributed by atoms with E-state index in [1.165, 1.54) is 21.9 Å². The molecule has 0 amide bonds. The van der Waals surface area contributed by atoms with Crippen molar-refractivity contribution in [2.75, 3.05) is 19.8 Å². The standard InChI is InChI=1S/C15H17NO/c1-11-2-3-13-9-14(5-4-12(13)8-11)15-10-17-7-6-16-15/h2-5,8-9,15-16H,6-7,10H2,1H3. The van der Waals surface area contributed by atoms with Gasteiger partial charge >= 0.3 is 0 Å². The fraction of sp³-hybridized carbons (Fsp3) is 0.333. The molecule has 1 atom stereocenters. The molecule has 0 aromatic heterocycles. The Morgan fingerprint density at radius 1 is 1.12 bits per heavy atom. The lowest BCUT2D eigenvalue weighted by molar-refractivity contribution is 0.0769. The van der Waals surface area contributed by atoms with Crippen molar-refractivity contribution in [1.29, 1.82) is 0 Å². The second kappa shape index (κ2) is 4.47. The number of hydrogen-bond donors (Lipinski definition) is 1. The molecule has 0 saturated carbocycles. The maximum Gasteiger partial charge on any atom is 0.0662 e. The number of benzene rings is 2. The number of morpholine rings is 1. The molecule has 0 bridgehead atoms. The van der Waals surface area contributed by atoms with Crippen LogP contribution in [0.2, 0.25) is 0 Å². The number of hydrogen-bond acceptors (Lipinski definition) is 2. The summed E-state index contributed by atoms with van der Waals surface area (Å²) in [5.41, 5.74) is 2.63. The second-order valence-corrected chi connectivity index (χ2v) is 4.69. The molecule has 1 unspecified atom stereocenters. The van der Waals surface area contributed by atoms with Gasteiger partial charge in [0.1, 0.15) is 0 Å². The molecule has 0 radical (unpaired) electrons. The van der Waals surface area contributed by atoms with Crippen LogP contribution in [0.15, 0.2) is 36.4 Å². The van der Waals surface area contributed by atoms with Gasteiger partial charge in [-0.2, -0.15) is 0 Å². The molecule has 1 fully saturated rings. The summed E-state index contributed by atoms with van der Waals surface area (Å²) in [6, 6.07) is 13.6. The van der Waals surface area contributed by atoms with Gasteiger partial charge in [-0.1, -0.05) is 35.9 Å². The lowest BCUT2D eigenvalue weighted by Crippen LogP contribution is -2.34. The van der Waals surface area contributed by atoms with E-state index in [1.54, 1.807) is 0 Å². The third kappa shape index (κ3) is 2.19. The molecule has 0 aliphatic carbocycles. The number of rotatable bonds is 1. The van der Waals surface area contributed by atoms with Crippen LogP contribution in [0.4, 0.5) is 0 Å². The molecule has 2 aromatic carbocycles. The first-order valence-corrected chi connectivity index (χ1v) is 6.14. The maximum atomic E-state index is 5.51. The fourth-order valence-corrected chi connectivity index (χ4v) is 2.38. The van der Waals surface area contributed by atoms with E-state index in [-0.39, 0.29) is 0 Å². The van der Waals surface area contributed by atoms with Crippen LogP contribution in [0.25, 0.3) is 10.8 Å². The third-order valence-corrected chi connectivity index (χ3v) is 3.34. The van der Waals surface area contributed by atoms with Crippen LogP contribution in [-0.4, -0.2) is 19.8 Å². The average Bonchev–Trinajstić information content (AvgIpc) is 2.39. The van der Waals surface area contributed by atoms with Gasteiger partial charge in [0.05, 0.1) is 19.3 Å². The normalized spacial score (nSPS) is 20.6. The van der Waals surface area contributed by atoms with Crippen LogP contribution in [0.1, 0.15) is 17.2 Å². The molecule has 88 valence electrons. The SMILES string of the molecule is Cc1ccc2cc(C3COCCN3)ccc2c1. The Morgan fingerprint density at radius 2 is 1.94 bits per heavy atom. The van der Waals surface area contributed by atoms with Crippen molar-refractivity contribution in [3.8, 4) is 0 Å². The van der Waals surface area contributed by atoms with E-state index < -0.39 is 0 Å². The second-order valence-electron chi connectivity index (χ2n) is 4.69. The zero-order chi connectivity index (χ0) is 11.7. The fourth-order valence-electron chi connectivity index (χ4n) is 2.38. The monoisotopic (exact) mass is 227 g/mol. The Balaban J connectivity index is 1.98.